The fourth-order valence-corrected chi connectivity index (χ4v) is 10.5. The summed E-state index contributed by atoms with van der Waals surface area (Å²) in [6.45, 7) is 12.8. The fraction of sp³-hybridized carbons (Fsp3) is 0.182. The molecule has 0 heterocycles. The Morgan fingerprint density at radius 2 is 0.588 bits per heavy atom. The monoisotopic (exact) mass is 828 g/mol. The number of rotatable bonds is 6. The number of halogens is 2. The van der Waals surface area contributed by atoms with Gasteiger partial charge in [0, 0.05) is 10.6 Å². The first-order chi connectivity index (χ1) is 23.0. The van der Waals surface area contributed by atoms with Crippen molar-refractivity contribution >= 4 is 47.7 Å². The largest absolute Gasteiger partial charge is 2.00 e. The van der Waals surface area contributed by atoms with E-state index in [0.717, 1.165) is 21.7 Å². The molecule has 262 valence electrons. The van der Waals surface area contributed by atoms with Gasteiger partial charge in [0.05, 0.1) is 0 Å². The summed E-state index contributed by atoms with van der Waals surface area (Å²) in [5.41, 5.74) is 1.82. The average Bonchev–Trinajstić information content (AvgIpc) is 3.08. The van der Waals surface area contributed by atoms with Gasteiger partial charge in [0.1, 0.15) is 11.5 Å². The molecule has 0 fully saturated rings. The van der Waals surface area contributed by atoms with Crippen LogP contribution in [0.1, 0.15) is 52.7 Å². The van der Waals surface area contributed by atoms with Crippen LogP contribution in [0.4, 0.5) is 0 Å². The van der Waals surface area contributed by atoms with Crippen LogP contribution >= 0.6 is 15.8 Å². The van der Waals surface area contributed by atoms with Crippen LogP contribution < -0.4 is 56.6 Å². The van der Waals surface area contributed by atoms with E-state index in [2.05, 4.69) is 163 Å². The minimum absolute atomic E-state index is 0. The molecule has 0 radical (unpaired) electrons. The van der Waals surface area contributed by atoms with Crippen LogP contribution in [0.15, 0.2) is 158 Å². The summed E-state index contributed by atoms with van der Waals surface area (Å²) in [6, 6.07) is 54.2. The minimum Gasteiger partial charge on any atom is -1.00 e. The number of aromatic hydroxyl groups is 2. The van der Waals surface area contributed by atoms with E-state index in [1.165, 1.54) is 21.2 Å². The molecule has 0 saturated carbocycles. The molecule has 0 aliphatic carbocycles. The molecular weight excluding hydrogens is 785 g/mol. The predicted molar refractivity (Wildman–Crippen MR) is 211 cm³/mol. The summed E-state index contributed by atoms with van der Waals surface area (Å²) in [4.78, 5) is 0. The van der Waals surface area contributed by atoms with Gasteiger partial charge in [0.2, 0.25) is 0 Å². The van der Waals surface area contributed by atoms with Gasteiger partial charge in [-0.3, -0.25) is 0 Å². The van der Waals surface area contributed by atoms with E-state index >= 15 is 0 Å². The first-order valence-electron chi connectivity index (χ1n) is 16.4. The number of hydrogen-bond donors (Lipinski definition) is 2. The molecule has 6 rings (SSSR count). The Labute approximate surface area is 339 Å². The van der Waals surface area contributed by atoms with E-state index in [1.807, 2.05) is 36.4 Å². The molecule has 6 aromatic carbocycles. The van der Waals surface area contributed by atoms with Crippen LogP contribution in [0, 0.1) is 0 Å². The smallest absolute Gasteiger partial charge is 1.00 e. The van der Waals surface area contributed by atoms with Crippen molar-refractivity contribution in [2.45, 2.75) is 52.4 Å². The van der Waals surface area contributed by atoms with Gasteiger partial charge < -0.3 is 35.0 Å². The Hall–Kier alpha value is -2.76. The van der Waals surface area contributed by atoms with Crippen molar-refractivity contribution in [2.24, 2.45) is 0 Å². The summed E-state index contributed by atoms with van der Waals surface area (Å²) in [5, 5.41) is 29.1. The van der Waals surface area contributed by atoms with Crippen molar-refractivity contribution in [3.8, 4) is 11.5 Å². The van der Waals surface area contributed by atoms with E-state index < -0.39 is 15.8 Å². The third-order valence-corrected chi connectivity index (χ3v) is 13.1. The maximum Gasteiger partial charge on any atom is 2.00 e. The van der Waals surface area contributed by atoms with Crippen molar-refractivity contribution in [2.75, 3.05) is 0 Å². The fourth-order valence-electron chi connectivity index (χ4n) is 5.80. The Morgan fingerprint density at radius 1 is 0.353 bits per heavy atom. The van der Waals surface area contributed by atoms with E-state index in [4.69, 9.17) is 0 Å². The Morgan fingerprint density at radius 3 is 0.804 bits per heavy atom. The van der Waals surface area contributed by atoms with Crippen LogP contribution in [0.3, 0.4) is 0 Å². The molecule has 0 atom stereocenters. The summed E-state index contributed by atoms with van der Waals surface area (Å²) in [7, 11) is -1.56. The van der Waals surface area contributed by atoms with Crippen molar-refractivity contribution in [3.63, 3.8) is 0 Å². The van der Waals surface area contributed by atoms with E-state index in [9.17, 15) is 10.2 Å². The zero-order chi connectivity index (χ0) is 34.3. The Balaban J connectivity index is 0.000000334. The Bertz CT molecular complexity index is 1690. The standard InChI is InChI=1S/2C22H23OP.2ClH.Zr/c2*1-22(2,3)19-15-10-16-20(21(19)23)24(17-11-6-4-7-12-17)18-13-8-5-9-14-18;;;/h2*4-16,23H,1-3H3;2*1H;/q;;;;+2/p-2. The second-order valence-corrected chi connectivity index (χ2v) is 18.2. The zero-order valence-electron chi connectivity index (χ0n) is 30.1. The first kappa shape index (κ1) is 44.4. The molecule has 0 bridgehead atoms. The molecule has 0 aliphatic rings. The van der Waals surface area contributed by atoms with Crippen LogP contribution in [-0.2, 0) is 37.0 Å². The normalized spacial score (nSPS) is 11.0. The van der Waals surface area contributed by atoms with E-state index in [-0.39, 0.29) is 61.8 Å². The summed E-state index contributed by atoms with van der Waals surface area (Å²) in [6.07, 6.45) is 0. The average molecular weight is 831 g/mol. The van der Waals surface area contributed by atoms with E-state index in [0.29, 0.717) is 11.5 Å². The minimum atomic E-state index is -0.780. The molecule has 0 saturated heterocycles. The molecule has 0 aromatic heterocycles. The van der Waals surface area contributed by atoms with Crippen LogP contribution in [0.25, 0.3) is 0 Å². The topological polar surface area (TPSA) is 40.5 Å². The third-order valence-electron chi connectivity index (χ3n) is 8.18. The van der Waals surface area contributed by atoms with Crippen LogP contribution in [-0.4, -0.2) is 10.2 Å². The van der Waals surface area contributed by atoms with Gasteiger partial charge in [0.25, 0.3) is 0 Å². The van der Waals surface area contributed by atoms with Gasteiger partial charge in [-0.25, -0.2) is 0 Å². The van der Waals surface area contributed by atoms with Gasteiger partial charge >= 0.3 is 26.2 Å². The molecule has 0 amide bonds. The van der Waals surface area contributed by atoms with Gasteiger partial charge in [-0.2, -0.15) is 0 Å². The number of benzene rings is 6. The summed E-state index contributed by atoms with van der Waals surface area (Å²) < 4.78 is 0. The quantitative estimate of drug-likeness (QED) is 0.254. The molecule has 0 aliphatic heterocycles. The molecule has 6 aromatic rings. The number of phenols is 2. The molecule has 0 spiro atoms. The predicted octanol–water partition coefficient (Wildman–Crippen LogP) is 2.90. The van der Waals surface area contributed by atoms with E-state index in [1.54, 1.807) is 0 Å². The second-order valence-electron chi connectivity index (χ2n) is 13.9. The van der Waals surface area contributed by atoms with Gasteiger partial charge in [-0.05, 0) is 59.0 Å². The number of phenolic OH excluding ortho intramolecular Hbond substituents is 2. The first-order valence-corrected chi connectivity index (χ1v) is 19.1. The molecule has 51 heavy (non-hydrogen) atoms. The zero-order valence-corrected chi connectivity index (χ0v) is 35.8. The molecule has 2 N–H and O–H groups in total. The van der Waals surface area contributed by atoms with Crippen LogP contribution in [0.2, 0.25) is 0 Å². The van der Waals surface area contributed by atoms with Gasteiger partial charge in [-0.15, -0.1) is 0 Å². The van der Waals surface area contributed by atoms with Crippen molar-refractivity contribution < 1.29 is 61.2 Å². The Kier molecular flexibility index (Phi) is 17.3. The maximum atomic E-state index is 11.0. The number of hydrogen-bond acceptors (Lipinski definition) is 2. The second kappa shape index (κ2) is 19.9. The molecule has 2 nitrogen and oxygen atoms in total. The SMILES string of the molecule is CC(C)(C)c1cccc(P(c2ccccc2)c2ccccc2)c1O.CC(C)(C)c1cccc(P(c2ccccc2)c2ccccc2)c1O.[Cl-].[Cl-].[Zr+2]. The van der Waals surface area contributed by atoms with Crippen LogP contribution in [0.5, 0.6) is 11.5 Å². The van der Waals surface area contributed by atoms with Crippen molar-refractivity contribution in [1.29, 1.82) is 0 Å². The summed E-state index contributed by atoms with van der Waals surface area (Å²) >= 11 is 0. The maximum absolute atomic E-state index is 11.0. The van der Waals surface area contributed by atoms with Crippen molar-refractivity contribution in [1.82, 2.24) is 0 Å². The third kappa shape index (κ3) is 11.1. The number of para-hydroxylation sites is 2. The van der Waals surface area contributed by atoms with Gasteiger partial charge in [-0.1, -0.05) is 199 Å². The summed E-state index contributed by atoms with van der Waals surface area (Å²) in [5.74, 6) is 0.868. The van der Waals surface area contributed by atoms with Gasteiger partial charge in [0.15, 0.2) is 0 Å². The molecular formula is C44H46Cl2O2P2Zr. The molecule has 7 heteroatoms. The van der Waals surface area contributed by atoms with Crippen molar-refractivity contribution in [3.05, 3.63) is 169 Å². The molecule has 0 unspecified atom stereocenters.